The van der Waals surface area contributed by atoms with E-state index in [0.717, 1.165) is 4.57 Å². The summed E-state index contributed by atoms with van der Waals surface area (Å²) in [6, 6.07) is 6.58. The molecule has 5 nitrogen and oxygen atoms in total. The molecule has 0 atom stereocenters. The van der Waals surface area contributed by atoms with Gasteiger partial charge >= 0.3 is 11.4 Å². The maximum absolute atomic E-state index is 12.3. The van der Waals surface area contributed by atoms with Crippen LogP contribution in [0.2, 0.25) is 5.02 Å². The summed E-state index contributed by atoms with van der Waals surface area (Å²) in [7, 11) is 0. The lowest BCUT2D eigenvalue weighted by Crippen LogP contribution is -2.27. The molecule has 0 bridgehead atoms. The fourth-order valence-electron chi connectivity index (χ4n) is 1.99. The quantitative estimate of drug-likeness (QED) is 0.792. The van der Waals surface area contributed by atoms with Crippen molar-refractivity contribution in [3.63, 3.8) is 0 Å². The molecular formula is C13H10ClN3O2. The van der Waals surface area contributed by atoms with Gasteiger partial charge in [0.1, 0.15) is 0 Å². The zero-order valence-electron chi connectivity index (χ0n) is 9.86. The minimum atomic E-state index is -0.396. The lowest BCUT2D eigenvalue weighted by atomic mass is 10.3. The number of fused-ring (bicyclic) bond motifs is 1. The van der Waals surface area contributed by atoms with Crippen molar-refractivity contribution in [3.8, 4) is 5.69 Å². The summed E-state index contributed by atoms with van der Waals surface area (Å²) in [6.45, 7) is 0.363. The summed E-state index contributed by atoms with van der Waals surface area (Å²) in [5.41, 5.74) is -0.263. The molecule has 6 heteroatoms. The van der Waals surface area contributed by atoms with Gasteiger partial charge in [-0.2, -0.15) is 0 Å². The zero-order valence-corrected chi connectivity index (χ0v) is 10.6. The van der Waals surface area contributed by atoms with Gasteiger partial charge in [-0.05, 0) is 30.3 Å². The first-order chi connectivity index (χ1) is 9.18. The second kappa shape index (κ2) is 4.44. The van der Waals surface area contributed by atoms with Gasteiger partial charge in [0, 0.05) is 11.2 Å². The van der Waals surface area contributed by atoms with E-state index >= 15 is 0 Å². The number of halogens is 1. The number of nitrogens with zero attached hydrogens (tertiary/aromatic N) is 3. The van der Waals surface area contributed by atoms with E-state index in [0.29, 0.717) is 17.3 Å². The van der Waals surface area contributed by atoms with Crippen LogP contribution < -0.4 is 11.4 Å². The van der Waals surface area contributed by atoms with E-state index < -0.39 is 5.69 Å². The number of benzene rings is 1. The third kappa shape index (κ3) is 1.88. The topological polar surface area (TPSA) is 48.9 Å². The van der Waals surface area contributed by atoms with Crippen molar-refractivity contribution in [1.82, 2.24) is 13.9 Å². The van der Waals surface area contributed by atoms with Gasteiger partial charge in [0.15, 0.2) is 0 Å². The number of allylic oxidation sites excluding steroid dienone is 3. The molecule has 3 rings (SSSR count). The number of hydrogen-bond acceptors (Lipinski definition) is 2. The van der Waals surface area contributed by atoms with Crippen molar-refractivity contribution in [3.05, 3.63) is 68.5 Å². The predicted molar refractivity (Wildman–Crippen MR) is 73.8 cm³/mol. The monoisotopic (exact) mass is 275 g/mol. The second-order valence-electron chi connectivity index (χ2n) is 4.07. The molecule has 2 heterocycles. The Morgan fingerprint density at radius 1 is 1.00 bits per heavy atom. The third-order valence-electron chi connectivity index (χ3n) is 2.90. The van der Waals surface area contributed by atoms with Gasteiger partial charge in [-0.15, -0.1) is 0 Å². The van der Waals surface area contributed by atoms with Crippen molar-refractivity contribution in [2.45, 2.75) is 6.54 Å². The number of aromatic nitrogens is 3. The highest BCUT2D eigenvalue weighted by Crippen LogP contribution is 2.11. The minimum absolute atomic E-state index is 0.363. The average molecular weight is 276 g/mol. The fourth-order valence-corrected chi connectivity index (χ4v) is 2.11. The van der Waals surface area contributed by atoms with Gasteiger partial charge in [-0.25, -0.2) is 23.5 Å². The molecule has 1 aromatic carbocycles. The molecule has 2 aromatic rings. The molecule has 96 valence electrons. The Morgan fingerprint density at radius 3 is 2.47 bits per heavy atom. The first-order valence-corrected chi connectivity index (χ1v) is 6.10. The number of rotatable bonds is 1. The molecule has 0 radical (unpaired) electrons. The molecule has 0 saturated heterocycles. The van der Waals surface area contributed by atoms with Crippen LogP contribution in [0.1, 0.15) is 0 Å². The summed E-state index contributed by atoms with van der Waals surface area (Å²) >= 11 is 5.81. The predicted octanol–water partition coefficient (Wildman–Crippen LogP) is 1.49. The molecule has 19 heavy (non-hydrogen) atoms. The highest BCUT2D eigenvalue weighted by atomic mass is 35.5. The van der Waals surface area contributed by atoms with Crippen molar-refractivity contribution in [2.75, 3.05) is 0 Å². The first-order valence-electron chi connectivity index (χ1n) is 5.72. The molecule has 0 N–H and O–H groups in total. The Balaban J connectivity index is 2.27. The van der Waals surface area contributed by atoms with E-state index in [1.54, 1.807) is 42.6 Å². The molecule has 1 aromatic heterocycles. The van der Waals surface area contributed by atoms with E-state index in [1.165, 1.54) is 9.36 Å². The van der Waals surface area contributed by atoms with E-state index in [1.807, 2.05) is 6.08 Å². The first kappa shape index (κ1) is 11.8. The maximum atomic E-state index is 12.3. The summed E-state index contributed by atoms with van der Waals surface area (Å²) in [6.07, 6.45) is 6.90. The normalized spacial score (nSPS) is 13.3. The Bertz CT molecular complexity index is 791. The van der Waals surface area contributed by atoms with Crippen molar-refractivity contribution in [2.24, 2.45) is 0 Å². The lowest BCUT2D eigenvalue weighted by Gasteiger charge is -1.98. The molecule has 0 spiro atoms. The fraction of sp³-hybridized carbons (Fsp3) is 0.0769. The van der Waals surface area contributed by atoms with Gasteiger partial charge < -0.3 is 0 Å². The van der Waals surface area contributed by atoms with E-state index in [4.69, 9.17) is 11.6 Å². The van der Waals surface area contributed by atoms with E-state index in [9.17, 15) is 9.59 Å². The van der Waals surface area contributed by atoms with Crippen molar-refractivity contribution in [1.29, 1.82) is 0 Å². The molecule has 0 unspecified atom stereocenters. The van der Waals surface area contributed by atoms with Crippen LogP contribution in [0.4, 0.5) is 0 Å². The van der Waals surface area contributed by atoms with Gasteiger partial charge in [0.25, 0.3) is 0 Å². The smallest absolute Gasteiger partial charge is 0.245 e. The van der Waals surface area contributed by atoms with Gasteiger partial charge in [0.05, 0.1) is 12.2 Å². The van der Waals surface area contributed by atoms with Gasteiger partial charge in [-0.3, -0.25) is 0 Å². The minimum Gasteiger partial charge on any atom is -0.245 e. The van der Waals surface area contributed by atoms with E-state index in [-0.39, 0.29) is 5.69 Å². The molecule has 1 aliphatic heterocycles. The maximum Gasteiger partial charge on any atom is 0.356 e. The van der Waals surface area contributed by atoms with E-state index in [2.05, 4.69) is 0 Å². The molecular weight excluding hydrogens is 266 g/mol. The van der Waals surface area contributed by atoms with Crippen LogP contribution in [0.5, 0.6) is 0 Å². The van der Waals surface area contributed by atoms with Gasteiger partial charge in [-0.1, -0.05) is 23.8 Å². The van der Waals surface area contributed by atoms with Crippen LogP contribution in [0.25, 0.3) is 11.9 Å². The van der Waals surface area contributed by atoms with Crippen molar-refractivity contribution < 1.29 is 0 Å². The highest BCUT2D eigenvalue weighted by Gasteiger charge is 2.15. The SMILES string of the molecule is O=c1n(-c2ccc(Cl)cc2)c(=O)n2n1C=CC=CC2. The third-order valence-corrected chi connectivity index (χ3v) is 3.15. The van der Waals surface area contributed by atoms with Crippen LogP contribution in [-0.4, -0.2) is 13.9 Å². The Kier molecular flexibility index (Phi) is 2.76. The summed E-state index contributed by atoms with van der Waals surface area (Å²) in [4.78, 5) is 24.5. The Labute approximate surface area is 113 Å². The Hall–Kier alpha value is -2.27. The largest absolute Gasteiger partial charge is 0.356 e. The molecule has 0 fully saturated rings. The van der Waals surface area contributed by atoms with Crippen LogP contribution >= 0.6 is 11.6 Å². The average Bonchev–Trinajstić information content (AvgIpc) is 2.61. The van der Waals surface area contributed by atoms with Crippen LogP contribution in [0.15, 0.2) is 52.1 Å². The summed E-state index contributed by atoms with van der Waals surface area (Å²) in [5.74, 6) is 0. The van der Waals surface area contributed by atoms with Crippen LogP contribution in [0, 0.1) is 0 Å². The Morgan fingerprint density at radius 2 is 1.74 bits per heavy atom. The summed E-state index contributed by atoms with van der Waals surface area (Å²) in [5, 5.41) is 0.556. The van der Waals surface area contributed by atoms with Crippen molar-refractivity contribution >= 4 is 17.8 Å². The van der Waals surface area contributed by atoms with Gasteiger partial charge in [0.2, 0.25) is 0 Å². The van der Waals surface area contributed by atoms with Crippen LogP contribution in [-0.2, 0) is 6.54 Å². The lowest BCUT2D eigenvalue weighted by molar-refractivity contribution is 0.607. The summed E-state index contributed by atoms with van der Waals surface area (Å²) < 4.78 is 3.80. The molecule has 0 amide bonds. The molecule has 1 aliphatic rings. The number of hydrogen-bond donors (Lipinski definition) is 0. The van der Waals surface area contributed by atoms with Crippen LogP contribution in [0.3, 0.4) is 0 Å². The standard InChI is InChI=1S/C13H10ClN3O2/c14-10-4-6-11(7-5-10)17-12(18)15-8-2-1-3-9-16(15)13(17)19/h1-8H,9H2. The molecule has 0 saturated carbocycles. The second-order valence-corrected chi connectivity index (χ2v) is 4.51. The zero-order chi connectivity index (χ0) is 13.4. The highest BCUT2D eigenvalue weighted by molar-refractivity contribution is 6.30. The molecule has 0 aliphatic carbocycles.